The molecule has 0 saturated heterocycles. The first-order chi connectivity index (χ1) is 7.45. The zero-order valence-corrected chi connectivity index (χ0v) is 8.84. The summed E-state index contributed by atoms with van der Waals surface area (Å²) in [6.45, 7) is 3.30. The Morgan fingerprint density at radius 1 is 1.38 bits per heavy atom. The Bertz CT molecular complexity index is 398. The second-order valence-corrected chi connectivity index (χ2v) is 3.30. The van der Waals surface area contributed by atoms with E-state index in [1.165, 1.54) is 0 Å². The second-order valence-electron chi connectivity index (χ2n) is 3.30. The van der Waals surface area contributed by atoms with Crippen molar-refractivity contribution in [3.63, 3.8) is 0 Å². The van der Waals surface area contributed by atoms with Gasteiger partial charge in [0.05, 0.1) is 5.56 Å². The molecule has 0 unspecified atom stereocenters. The molecule has 6 heteroatoms. The molecule has 0 aliphatic heterocycles. The first kappa shape index (κ1) is 12.8. The smallest absolute Gasteiger partial charge is 0.315 e. The van der Waals surface area contributed by atoms with Gasteiger partial charge in [0, 0.05) is 25.4 Å². The van der Waals surface area contributed by atoms with E-state index in [4.69, 9.17) is 0 Å². The van der Waals surface area contributed by atoms with Crippen molar-refractivity contribution in [2.24, 2.45) is 0 Å². The third kappa shape index (κ3) is 3.37. The number of hydrogen-bond donors (Lipinski definition) is 1. The van der Waals surface area contributed by atoms with Gasteiger partial charge in [0.25, 0.3) is 5.56 Å². The molecule has 0 aliphatic rings. The van der Waals surface area contributed by atoms with E-state index in [0.717, 1.165) is 22.9 Å². The molecule has 0 spiro atoms. The molecule has 1 aromatic rings. The van der Waals surface area contributed by atoms with Gasteiger partial charge in [-0.25, -0.2) is 0 Å². The Morgan fingerprint density at radius 2 is 2.06 bits per heavy atom. The third-order valence-electron chi connectivity index (χ3n) is 2.09. The Kier molecular flexibility index (Phi) is 4.12. The number of nitrogens with zero attached hydrogens (tertiary/aromatic N) is 1. The van der Waals surface area contributed by atoms with Gasteiger partial charge in [0.15, 0.2) is 0 Å². The zero-order chi connectivity index (χ0) is 12.2. The van der Waals surface area contributed by atoms with E-state index in [2.05, 4.69) is 5.32 Å². The van der Waals surface area contributed by atoms with Crippen LogP contribution in [0.2, 0.25) is 0 Å². The fraction of sp³-hybridized carbons (Fsp3) is 0.500. The van der Waals surface area contributed by atoms with Gasteiger partial charge in [-0.3, -0.25) is 4.79 Å². The van der Waals surface area contributed by atoms with Gasteiger partial charge in [0.2, 0.25) is 0 Å². The van der Waals surface area contributed by atoms with E-state index in [1.54, 1.807) is 0 Å². The first-order valence-electron chi connectivity index (χ1n) is 4.93. The number of pyridine rings is 1. The minimum atomic E-state index is -4.41. The zero-order valence-electron chi connectivity index (χ0n) is 8.84. The molecule has 0 amide bonds. The highest BCUT2D eigenvalue weighted by Gasteiger charge is 2.30. The Labute approximate surface area is 90.9 Å². The minimum absolute atomic E-state index is 0.233. The lowest BCUT2D eigenvalue weighted by molar-refractivity contribution is -0.138. The highest BCUT2D eigenvalue weighted by atomic mass is 19.4. The maximum absolute atomic E-state index is 12.4. The number of nitrogens with one attached hydrogen (secondary N) is 1. The van der Waals surface area contributed by atoms with Crippen LogP contribution >= 0.6 is 0 Å². The van der Waals surface area contributed by atoms with Crippen molar-refractivity contribution in [2.75, 3.05) is 13.1 Å². The summed E-state index contributed by atoms with van der Waals surface area (Å²) in [6, 6.07) is 1.74. The van der Waals surface area contributed by atoms with E-state index in [0.29, 0.717) is 13.1 Å². The molecule has 1 aromatic heterocycles. The van der Waals surface area contributed by atoms with Crippen LogP contribution in [0.4, 0.5) is 13.2 Å². The normalized spacial score (nSPS) is 11.8. The van der Waals surface area contributed by atoms with Crippen LogP contribution in [0.25, 0.3) is 0 Å². The summed E-state index contributed by atoms with van der Waals surface area (Å²) in [4.78, 5) is 11.3. The number of aromatic nitrogens is 1. The molecule has 0 aliphatic carbocycles. The molecule has 0 aromatic carbocycles. The van der Waals surface area contributed by atoms with Crippen molar-refractivity contribution >= 4 is 0 Å². The van der Waals surface area contributed by atoms with Gasteiger partial charge in [-0.05, 0) is 12.6 Å². The summed E-state index contributed by atoms with van der Waals surface area (Å²) in [5.74, 6) is 0. The summed E-state index contributed by atoms with van der Waals surface area (Å²) in [7, 11) is 0. The van der Waals surface area contributed by atoms with Gasteiger partial charge in [-0.15, -0.1) is 0 Å². The molecular formula is C10H13F3N2O. The van der Waals surface area contributed by atoms with Gasteiger partial charge in [-0.1, -0.05) is 6.92 Å². The van der Waals surface area contributed by atoms with Crippen molar-refractivity contribution in [3.8, 4) is 0 Å². The highest BCUT2D eigenvalue weighted by Crippen LogP contribution is 2.27. The number of likely N-dealkylation sites (N-methyl/N-ethyl adjacent to an activating group) is 1. The van der Waals surface area contributed by atoms with Crippen molar-refractivity contribution in [1.82, 2.24) is 9.88 Å². The van der Waals surface area contributed by atoms with Crippen LogP contribution in [0.15, 0.2) is 23.1 Å². The first-order valence-corrected chi connectivity index (χ1v) is 4.93. The SMILES string of the molecule is CCNCCn1cc(C(F)(F)F)ccc1=O. The quantitative estimate of drug-likeness (QED) is 0.800. The lowest BCUT2D eigenvalue weighted by Crippen LogP contribution is -2.27. The standard InChI is InChI=1S/C10H13F3N2O/c1-2-14-5-6-15-7-8(10(11,12)13)3-4-9(15)16/h3-4,7,14H,2,5-6H2,1H3. The summed E-state index contributed by atoms with van der Waals surface area (Å²) in [6.07, 6.45) is -3.56. The van der Waals surface area contributed by atoms with Crippen LogP contribution < -0.4 is 10.9 Å². The Morgan fingerprint density at radius 3 is 2.62 bits per heavy atom. The van der Waals surface area contributed by atoms with Gasteiger partial charge < -0.3 is 9.88 Å². The molecular weight excluding hydrogens is 221 g/mol. The maximum atomic E-state index is 12.4. The fourth-order valence-electron chi connectivity index (χ4n) is 1.25. The summed E-state index contributed by atoms with van der Waals surface area (Å²) >= 11 is 0. The van der Waals surface area contributed by atoms with Gasteiger partial charge >= 0.3 is 6.18 Å². The van der Waals surface area contributed by atoms with Crippen LogP contribution in [-0.2, 0) is 12.7 Å². The molecule has 0 atom stereocenters. The van der Waals surface area contributed by atoms with Crippen molar-refractivity contribution in [3.05, 3.63) is 34.2 Å². The van der Waals surface area contributed by atoms with E-state index < -0.39 is 17.3 Å². The van der Waals surface area contributed by atoms with Crippen LogP contribution in [0.5, 0.6) is 0 Å². The van der Waals surface area contributed by atoms with Crippen LogP contribution in [0.3, 0.4) is 0 Å². The van der Waals surface area contributed by atoms with Crippen molar-refractivity contribution in [1.29, 1.82) is 0 Å². The molecule has 0 radical (unpaired) electrons. The summed E-state index contributed by atoms with van der Waals surface area (Å²) in [5.41, 5.74) is -1.23. The molecule has 0 saturated carbocycles. The van der Waals surface area contributed by atoms with Crippen LogP contribution in [-0.4, -0.2) is 17.7 Å². The lowest BCUT2D eigenvalue weighted by atomic mass is 10.3. The van der Waals surface area contributed by atoms with Crippen LogP contribution in [0, 0.1) is 0 Å². The predicted molar refractivity (Wildman–Crippen MR) is 54.2 cm³/mol. The average Bonchev–Trinajstić information content (AvgIpc) is 2.19. The van der Waals surface area contributed by atoms with Crippen molar-refractivity contribution in [2.45, 2.75) is 19.6 Å². The monoisotopic (exact) mass is 234 g/mol. The lowest BCUT2D eigenvalue weighted by Gasteiger charge is -2.10. The highest BCUT2D eigenvalue weighted by molar-refractivity contribution is 5.13. The molecule has 0 bridgehead atoms. The Hall–Kier alpha value is -1.30. The predicted octanol–water partition coefficient (Wildman–Crippen LogP) is 1.48. The summed E-state index contributed by atoms with van der Waals surface area (Å²) in [5, 5.41) is 2.94. The number of rotatable bonds is 4. The second kappa shape index (κ2) is 5.16. The minimum Gasteiger partial charge on any atom is -0.315 e. The van der Waals surface area contributed by atoms with Crippen molar-refractivity contribution < 1.29 is 13.2 Å². The van der Waals surface area contributed by atoms with Gasteiger partial charge in [0.1, 0.15) is 0 Å². The fourth-order valence-corrected chi connectivity index (χ4v) is 1.25. The third-order valence-corrected chi connectivity index (χ3v) is 2.09. The molecule has 1 heterocycles. The van der Waals surface area contributed by atoms with E-state index >= 15 is 0 Å². The molecule has 90 valence electrons. The van der Waals surface area contributed by atoms with Gasteiger partial charge in [-0.2, -0.15) is 13.2 Å². The largest absolute Gasteiger partial charge is 0.417 e. The molecule has 0 fully saturated rings. The van der Waals surface area contributed by atoms with E-state index in [1.807, 2.05) is 6.92 Å². The molecule has 1 rings (SSSR count). The molecule has 3 nitrogen and oxygen atoms in total. The maximum Gasteiger partial charge on any atom is 0.417 e. The molecule has 1 N–H and O–H groups in total. The number of halogens is 3. The average molecular weight is 234 g/mol. The molecule has 16 heavy (non-hydrogen) atoms. The van der Waals surface area contributed by atoms with E-state index in [-0.39, 0.29) is 6.54 Å². The topological polar surface area (TPSA) is 34.0 Å². The van der Waals surface area contributed by atoms with Crippen LogP contribution in [0.1, 0.15) is 12.5 Å². The number of hydrogen-bond acceptors (Lipinski definition) is 2. The van der Waals surface area contributed by atoms with E-state index in [9.17, 15) is 18.0 Å². The summed E-state index contributed by atoms with van der Waals surface area (Å²) < 4.78 is 38.1. The Balaban J connectivity index is 2.87. The number of alkyl halides is 3.